The molecule has 3 atom stereocenters. The van der Waals surface area contributed by atoms with Crippen LogP contribution in [0.1, 0.15) is 39.1 Å². The van der Waals surface area contributed by atoms with E-state index in [1.807, 2.05) is 19.0 Å². The predicted octanol–water partition coefficient (Wildman–Crippen LogP) is 1.54. The second-order valence-corrected chi connectivity index (χ2v) is 11.0. The van der Waals surface area contributed by atoms with Gasteiger partial charge in [0, 0.05) is 36.6 Å². The summed E-state index contributed by atoms with van der Waals surface area (Å²) in [6.45, 7) is 1.13. The minimum atomic E-state index is -2.61. The molecule has 0 aromatic heterocycles. The van der Waals surface area contributed by atoms with Gasteiger partial charge in [-0.25, -0.2) is 0 Å². The number of amides is 2. The predicted molar refractivity (Wildman–Crippen MR) is 147 cm³/mol. The van der Waals surface area contributed by atoms with E-state index < -0.39 is 52.0 Å². The topological polar surface area (TPSA) is 190 Å². The Bertz CT molecular complexity index is 1570. The fourth-order valence-electron chi connectivity index (χ4n) is 6.21. The summed E-state index contributed by atoms with van der Waals surface area (Å²) < 4.78 is 0. The quantitative estimate of drug-likeness (QED) is 0.284. The molecule has 41 heavy (non-hydrogen) atoms. The van der Waals surface area contributed by atoms with Crippen molar-refractivity contribution < 1.29 is 39.6 Å². The molecule has 3 aliphatic rings. The number of hydrogen-bond donors (Lipinski definition) is 6. The van der Waals surface area contributed by atoms with Crippen molar-refractivity contribution in [2.24, 2.45) is 17.6 Å². The number of primary amides is 1. The highest BCUT2D eigenvalue weighted by Crippen LogP contribution is 2.52. The van der Waals surface area contributed by atoms with Crippen LogP contribution in [0, 0.1) is 11.8 Å². The average molecular weight is 562 g/mol. The van der Waals surface area contributed by atoms with Crippen LogP contribution in [-0.4, -0.2) is 81.5 Å². The number of hydrogen-bond acceptors (Lipinski definition) is 9. The van der Waals surface area contributed by atoms with Gasteiger partial charge in [0.15, 0.2) is 11.4 Å². The number of phenolic OH excluding ortho intramolecular Hbond substituents is 1. The van der Waals surface area contributed by atoms with Crippen molar-refractivity contribution in [3.8, 4) is 16.9 Å². The summed E-state index contributed by atoms with van der Waals surface area (Å²) in [6, 6.07) is 9.86. The fraction of sp³-hybridized carbons (Fsp3) is 0.333. The number of nitrogens with one attached hydrogen (secondary N) is 1. The van der Waals surface area contributed by atoms with Crippen molar-refractivity contribution in [2.75, 3.05) is 27.2 Å². The molecule has 0 spiro atoms. The second kappa shape index (κ2) is 10.2. The highest BCUT2D eigenvalue weighted by Gasteiger charge is 2.59. The standard InChI is InChI=1S/C30H31N3O8/c1-33(2)9-8-32-29(40)15-5-3-4-14(10-15)18-6-7-20(34)23-19(18)12-16-11-17-13-21(35)24(28(31)39)27(38)30(17,41)26(37)22(16)25(23)36/h3-7,10,16-17,34-35,37,41H,8-9,11-13H2,1-2H3,(H2,31,39)(H,32,40)/t16?,17-,30-/m0/s1. The third-order valence-corrected chi connectivity index (χ3v) is 8.23. The molecule has 0 radical (unpaired) electrons. The van der Waals surface area contributed by atoms with Gasteiger partial charge in [0.2, 0.25) is 5.78 Å². The van der Waals surface area contributed by atoms with Crippen LogP contribution in [0.4, 0.5) is 0 Å². The maximum atomic E-state index is 13.8. The van der Waals surface area contributed by atoms with E-state index in [0.29, 0.717) is 35.3 Å². The van der Waals surface area contributed by atoms with Crippen molar-refractivity contribution in [3.63, 3.8) is 0 Å². The summed E-state index contributed by atoms with van der Waals surface area (Å²) in [5, 5.41) is 46.5. The minimum absolute atomic E-state index is 0.0341. The molecule has 0 saturated heterocycles. The Morgan fingerprint density at radius 1 is 1.10 bits per heavy atom. The number of ketones is 2. The van der Waals surface area contributed by atoms with E-state index in [1.54, 1.807) is 30.3 Å². The number of aliphatic hydroxyl groups excluding tert-OH is 2. The number of benzene rings is 2. The van der Waals surface area contributed by atoms with Crippen LogP contribution in [-0.2, 0) is 16.0 Å². The van der Waals surface area contributed by atoms with Crippen LogP contribution in [0.5, 0.6) is 5.75 Å². The Morgan fingerprint density at radius 3 is 2.51 bits per heavy atom. The number of carbonyl (C=O) groups excluding carboxylic acids is 4. The van der Waals surface area contributed by atoms with Crippen LogP contribution in [0.3, 0.4) is 0 Å². The van der Waals surface area contributed by atoms with Crippen molar-refractivity contribution in [2.45, 2.75) is 24.9 Å². The molecule has 214 valence electrons. The second-order valence-electron chi connectivity index (χ2n) is 11.0. The number of nitrogens with two attached hydrogens (primary N) is 1. The molecule has 11 nitrogen and oxygen atoms in total. The highest BCUT2D eigenvalue weighted by molar-refractivity contribution is 6.24. The van der Waals surface area contributed by atoms with E-state index in [2.05, 4.69) is 5.32 Å². The van der Waals surface area contributed by atoms with Crippen molar-refractivity contribution in [3.05, 3.63) is 75.8 Å². The summed E-state index contributed by atoms with van der Waals surface area (Å²) in [7, 11) is 3.80. The van der Waals surface area contributed by atoms with Crippen LogP contribution in [0.25, 0.3) is 11.1 Å². The van der Waals surface area contributed by atoms with Gasteiger partial charge in [-0.2, -0.15) is 0 Å². The number of aromatic hydroxyl groups is 1. The molecule has 5 rings (SSSR count). The van der Waals surface area contributed by atoms with E-state index >= 15 is 0 Å². The van der Waals surface area contributed by atoms with Crippen molar-refractivity contribution in [1.82, 2.24) is 10.2 Å². The first-order valence-corrected chi connectivity index (χ1v) is 13.2. The van der Waals surface area contributed by atoms with E-state index in [-0.39, 0.29) is 42.1 Å². The molecule has 0 heterocycles. The first kappa shape index (κ1) is 28.1. The number of likely N-dealkylation sites (N-methyl/N-ethyl adjacent to an activating group) is 1. The number of phenols is 1. The Hall–Kier alpha value is -4.48. The van der Waals surface area contributed by atoms with Crippen LogP contribution in [0.2, 0.25) is 0 Å². The molecule has 2 amide bonds. The monoisotopic (exact) mass is 561 g/mol. The fourth-order valence-corrected chi connectivity index (χ4v) is 6.21. The molecule has 1 unspecified atom stereocenters. The third kappa shape index (κ3) is 4.47. The van der Waals surface area contributed by atoms with Gasteiger partial charge in [-0.05, 0) is 67.7 Å². The smallest absolute Gasteiger partial charge is 0.255 e. The highest BCUT2D eigenvalue weighted by atomic mass is 16.3. The van der Waals surface area contributed by atoms with E-state index in [9.17, 15) is 39.6 Å². The van der Waals surface area contributed by atoms with Crippen LogP contribution in [0.15, 0.2) is 59.1 Å². The van der Waals surface area contributed by atoms with E-state index in [4.69, 9.17) is 5.73 Å². The van der Waals surface area contributed by atoms with Gasteiger partial charge in [-0.1, -0.05) is 18.2 Å². The van der Waals surface area contributed by atoms with Gasteiger partial charge in [0.1, 0.15) is 22.8 Å². The number of fused-ring (bicyclic) bond motifs is 3. The zero-order valence-corrected chi connectivity index (χ0v) is 22.6. The van der Waals surface area contributed by atoms with E-state index in [0.717, 1.165) is 0 Å². The Labute approximate surface area is 235 Å². The van der Waals surface area contributed by atoms with Crippen molar-refractivity contribution in [1.29, 1.82) is 0 Å². The molecule has 3 aliphatic carbocycles. The summed E-state index contributed by atoms with van der Waals surface area (Å²) in [6.07, 6.45) is -0.100. The maximum Gasteiger partial charge on any atom is 0.255 e. The molecular weight excluding hydrogens is 530 g/mol. The van der Waals surface area contributed by atoms with Gasteiger partial charge in [0.25, 0.3) is 11.8 Å². The summed E-state index contributed by atoms with van der Waals surface area (Å²) in [4.78, 5) is 53.4. The lowest BCUT2D eigenvalue weighted by Gasteiger charge is -2.45. The zero-order chi connectivity index (χ0) is 29.8. The first-order chi connectivity index (χ1) is 19.4. The molecule has 0 fully saturated rings. The molecule has 7 N–H and O–H groups in total. The molecule has 0 aliphatic heterocycles. The SMILES string of the molecule is CN(C)CCNC(=O)c1cccc(-c2ccc(O)c3c2CC2C[C@H]4CC(O)=C(C(N)=O)C(=O)[C@@]4(O)C(O)=C2C3=O)c1. The van der Waals surface area contributed by atoms with Crippen LogP contribution < -0.4 is 11.1 Å². The molecule has 11 heteroatoms. The number of Topliss-reactive ketones (excluding diaryl/α,β-unsaturated/α-hetero) is 2. The lowest BCUT2D eigenvalue weighted by Crippen LogP contribution is -2.57. The zero-order valence-electron chi connectivity index (χ0n) is 22.6. The minimum Gasteiger partial charge on any atom is -0.511 e. The molecule has 0 saturated carbocycles. The third-order valence-electron chi connectivity index (χ3n) is 8.23. The van der Waals surface area contributed by atoms with Gasteiger partial charge < -0.3 is 36.4 Å². The molecule has 2 aromatic rings. The van der Waals surface area contributed by atoms with Gasteiger partial charge in [-0.3, -0.25) is 19.2 Å². The Balaban J connectivity index is 1.56. The Kier molecular flexibility index (Phi) is 6.96. The number of rotatable bonds is 6. The summed E-state index contributed by atoms with van der Waals surface area (Å²) in [5.74, 6) is -7.03. The summed E-state index contributed by atoms with van der Waals surface area (Å²) >= 11 is 0. The largest absolute Gasteiger partial charge is 0.511 e. The lowest BCUT2D eigenvalue weighted by atomic mass is 9.60. The lowest BCUT2D eigenvalue weighted by molar-refractivity contribution is -0.144. The Morgan fingerprint density at radius 2 is 1.83 bits per heavy atom. The van der Waals surface area contributed by atoms with E-state index in [1.165, 1.54) is 6.07 Å². The number of allylic oxidation sites excluding steroid dienone is 2. The number of nitrogens with zero attached hydrogens (tertiary/aromatic N) is 1. The normalized spacial score (nSPS) is 23.7. The summed E-state index contributed by atoms with van der Waals surface area (Å²) in [5.41, 5.74) is 3.65. The average Bonchev–Trinajstić information content (AvgIpc) is 2.90. The van der Waals surface area contributed by atoms with Crippen molar-refractivity contribution >= 4 is 23.4 Å². The maximum absolute atomic E-state index is 13.8. The molecular formula is C30H31N3O8. The number of carbonyl (C=O) groups is 4. The van der Waals surface area contributed by atoms with Gasteiger partial charge in [-0.15, -0.1) is 0 Å². The van der Waals surface area contributed by atoms with Gasteiger partial charge >= 0.3 is 0 Å². The van der Waals surface area contributed by atoms with Crippen LogP contribution >= 0.6 is 0 Å². The molecule has 0 bridgehead atoms. The number of aliphatic hydroxyl groups is 3. The first-order valence-electron chi connectivity index (χ1n) is 13.2. The van der Waals surface area contributed by atoms with Gasteiger partial charge in [0.05, 0.1) is 5.56 Å². The molecule has 2 aromatic carbocycles.